The third-order valence-corrected chi connectivity index (χ3v) is 3.50. The van der Waals surface area contributed by atoms with Crippen LogP contribution in [0.5, 0.6) is 0 Å². The average molecular weight is 169 g/mol. The first kappa shape index (κ1) is 8.52. The normalized spacial score (nSPS) is 42.5. The van der Waals surface area contributed by atoms with Crippen LogP contribution in [0.15, 0.2) is 0 Å². The van der Waals surface area contributed by atoms with Crippen LogP contribution in [0.1, 0.15) is 20.8 Å². The van der Waals surface area contributed by atoms with Gasteiger partial charge >= 0.3 is 0 Å². The summed E-state index contributed by atoms with van der Waals surface area (Å²) < 4.78 is 5.48. The molecule has 2 heteroatoms. The van der Waals surface area contributed by atoms with Crippen molar-refractivity contribution in [2.75, 3.05) is 19.8 Å². The van der Waals surface area contributed by atoms with E-state index in [0.717, 1.165) is 31.1 Å². The average Bonchev–Trinajstić information content (AvgIpc) is 2.53. The van der Waals surface area contributed by atoms with Crippen molar-refractivity contribution in [3.05, 3.63) is 0 Å². The first-order valence-corrected chi connectivity index (χ1v) is 5.03. The van der Waals surface area contributed by atoms with Crippen molar-refractivity contribution >= 4 is 0 Å². The van der Waals surface area contributed by atoms with Crippen LogP contribution < -0.4 is 0 Å². The summed E-state index contributed by atoms with van der Waals surface area (Å²) in [5.41, 5.74) is 0. The number of ether oxygens (including phenoxy) is 1. The topological polar surface area (TPSA) is 12.5 Å². The van der Waals surface area contributed by atoms with Gasteiger partial charge in [-0.3, -0.25) is 4.90 Å². The van der Waals surface area contributed by atoms with E-state index in [9.17, 15) is 0 Å². The molecule has 0 spiro atoms. The maximum Gasteiger partial charge on any atom is 0.0513 e. The number of hydrogen-bond donors (Lipinski definition) is 0. The van der Waals surface area contributed by atoms with Gasteiger partial charge in [0, 0.05) is 30.5 Å². The fourth-order valence-corrected chi connectivity index (χ4v) is 2.70. The van der Waals surface area contributed by atoms with Crippen molar-refractivity contribution in [2.45, 2.75) is 32.9 Å². The maximum absolute atomic E-state index is 5.48. The predicted octanol–water partition coefficient (Wildman–Crippen LogP) is 1.36. The van der Waals surface area contributed by atoms with Crippen LogP contribution in [0.3, 0.4) is 0 Å². The van der Waals surface area contributed by atoms with E-state index < -0.39 is 0 Å². The summed E-state index contributed by atoms with van der Waals surface area (Å²) in [7, 11) is 0. The van der Waals surface area contributed by atoms with E-state index in [1.54, 1.807) is 0 Å². The van der Waals surface area contributed by atoms with Gasteiger partial charge in [0.15, 0.2) is 0 Å². The van der Waals surface area contributed by atoms with Gasteiger partial charge in [-0.2, -0.15) is 0 Å². The van der Waals surface area contributed by atoms with E-state index in [2.05, 4.69) is 25.7 Å². The predicted molar refractivity (Wildman–Crippen MR) is 49.1 cm³/mol. The highest BCUT2D eigenvalue weighted by atomic mass is 16.5. The Kier molecular flexibility index (Phi) is 2.13. The Morgan fingerprint density at radius 3 is 2.67 bits per heavy atom. The second-order valence-electron chi connectivity index (χ2n) is 4.49. The molecule has 2 aliphatic heterocycles. The summed E-state index contributed by atoms with van der Waals surface area (Å²) in [4.78, 5) is 2.61. The zero-order valence-electron chi connectivity index (χ0n) is 8.29. The SMILES string of the molecule is CC(C)N1C[C@H]2COCC2C1C. The lowest BCUT2D eigenvalue weighted by atomic mass is 9.95. The smallest absolute Gasteiger partial charge is 0.0513 e. The highest BCUT2D eigenvalue weighted by Crippen LogP contribution is 2.35. The maximum atomic E-state index is 5.48. The second-order valence-corrected chi connectivity index (χ2v) is 4.49. The number of nitrogens with zero attached hydrogens (tertiary/aromatic N) is 1. The third kappa shape index (κ3) is 1.17. The van der Waals surface area contributed by atoms with Gasteiger partial charge in [0.25, 0.3) is 0 Å². The highest BCUT2D eigenvalue weighted by Gasteiger charge is 2.43. The lowest BCUT2D eigenvalue weighted by Crippen LogP contribution is -2.36. The molecule has 2 fully saturated rings. The minimum Gasteiger partial charge on any atom is -0.381 e. The quantitative estimate of drug-likeness (QED) is 0.587. The first-order valence-electron chi connectivity index (χ1n) is 5.03. The number of hydrogen-bond acceptors (Lipinski definition) is 2. The largest absolute Gasteiger partial charge is 0.381 e. The summed E-state index contributed by atoms with van der Waals surface area (Å²) in [6, 6.07) is 1.43. The van der Waals surface area contributed by atoms with E-state index in [4.69, 9.17) is 4.74 Å². The minimum atomic E-state index is 0.700. The van der Waals surface area contributed by atoms with Gasteiger partial charge in [-0.05, 0) is 20.8 Å². The van der Waals surface area contributed by atoms with Crippen LogP contribution in [0.4, 0.5) is 0 Å². The van der Waals surface area contributed by atoms with Gasteiger partial charge in [0.05, 0.1) is 13.2 Å². The Hall–Kier alpha value is -0.0800. The molecule has 2 saturated heterocycles. The zero-order valence-corrected chi connectivity index (χ0v) is 8.29. The van der Waals surface area contributed by atoms with Gasteiger partial charge in [-0.25, -0.2) is 0 Å². The molecule has 0 N–H and O–H groups in total. The molecule has 0 aromatic heterocycles. The molecule has 0 bridgehead atoms. The van der Waals surface area contributed by atoms with Crippen molar-refractivity contribution < 1.29 is 4.74 Å². The molecule has 2 aliphatic rings. The van der Waals surface area contributed by atoms with Crippen molar-refractivity contribution in [3.63, 3.8) is 0 Å². The molecule has 3 atom stereocenters. The van der Waals surface area contributed by atoms with Crippen LogP contribution in [-0.2, 0) is 4.74 Å². The lowest BCUT2D eigenvalue weighted by molar-refractivity contribution is 0.120. The van der Waals surface area contributed by atoms with Gasteiger partial charge in [0.2, 0.25) is 0 Å². The van der Waals surface area contributed by atoms with E-state index in [1.165, 1.54) is 6.54 Å². The standard InChI is InChI=1S/C10H19NO/c1-7(2)11-4-9-5-12-6-10(9)8(11)3/h7-10H,4-6H2,1-3H3/t8?,9-,10?/m0/s1. The van der Waals surface area contributed by atoms with Crippen LogP contribution in [0.2, 0.25) is 0 Å². The summed E-state index contributed by atoms with van der Waals surface area (Å²) >= 11 is 0. The molecule has 0 amide bonds. The molecule has 12 heavy (non-hydrogen) atoms. The van der Waals surface area contributed by atoms with Crippen molar-refractivity contribution in [1.82, 2.24) is 4.90 Å². The van der Waals surface area contributed by atoms with Gasteiger partial charge in [-0.15, -0.1) is 0 Å². The number of fused-ring (bicyclic) bond motifs is 1. The molecular weight excluding hydrogens is 150 g/mol. The number of rotatable bonds is 1. The van der Waals surface area contributed by atoms with Crippen LogP contribution in [0, 0.1) is 11.8 Å². The summed E-state index contributed by atoms with van der Waals surface area (Å²) in [6.45, 7) is 10.2. The lowest BCUT2D eigenvalue weighted by Gasteiger charge is -2.27. The van der Waals surface area contributed by atoms with Crippen LogP contribution in [-0.4, -0.2) is 36.7 Å². The molecule has 0 aromatic rings. The van der Waals surface area contributed by atoms with E-state index in [-0.39, 0.29) is 0 Å². The molecule has 0 aliphatic carbocycles. The molecule has 70 valence electrons. The molecule has 0 saturated carbocycles. The molecule has 2 rings (SSSR count). The highest BCUT2D eigenvalue weighted by molar-refractivity contribution is 4.94. The van der Waals surface area contributed by atoms with Crippen molar-refractivity contribution in [1.29, 1.82) is 0 Å². The minimum absolute atomic E-state index is 0.700. The van der Waals surface area contributed by atoms with Gasteiger partial charge in [0.1, 0.15) is 0 Å². The molecule has 2 heterocycles. The summed E-state index contributed by atoms with van der Waals surface area (Å²) in [5, 5.41) is 0. The first-order chi connectivity index (χ1) is 5.70. The fourth-order valence-electron chi connectivity index (χ4n) is 2.70. The van der Waals surface area contributed by atoms with Gasteiger partial charge < -0.3 is 4.74 Å². The Morgan fingerprint density at radius 1 is 1.33 bits per heavy atom. The molecule has 2 nitrogen and oxygen atoms in total. The number of likely N-dealkylation sites (tertiary alicyclic amines) is 1. The molecular formula is C10H19NO. The van der Waals surface area contributed by atoms with Crippen molar-refractivity contribution in [3.8, 4) is 0 Å². The van der Waals surface area contributed by atoms with E-state index >= 15 is 0 Å². The fraction of sp³-hybridized carbons (Fsp3) is 1.00. The Morgan fingerprint density at radius 2 is 2.08 bits per heavy atom. The molecule has 0 radical (unpaired) electrons. The van der Waals surface area contributed by atoms with E-state index in [1.807, 2.05) is 0 Å². The Balaban J connectivity index is 2.05. The molecule has 2 unspecified atom stereocenters. The summed E-state index contributed by atoms with van der Waals surface area (Å²) in [6.07, 6.45) is 0. The third-order valence-electron chi connectivity index (χ3n) is 3.50. The van der Waals surface area contributed by atoms with Crippen molar-refractivity contribution in [2.24, 2.45) is 11.8 Å². The molecule has 0 aromatic carbocycles. The van der Waals surface area contributed by atoms with Gasteiger partial charge in [-0.1, -0.05) is 0 Å². The van der Waals surface area contributed by atoms with E-state index in [0.29, 0.717) is 6.04 Å². The Bertz CT molecular complexity index is 169. The second kappa shape index (κ2) is 3.00. The monoisotopic (exact) mass is 169 g/mol. The van der Waals surface area contributed by atoms with Crippen LogP contribution >= 0.6 is 0 Å². The Labute approximate surface area is 74.9 Å². The zero-order chi connectivity index (χ0) is 8.72. The summed E-state index contributed by atoms with van der Waals surface area (Å²) in [5.74, 6) is 1.63. The van der Waals surface area contributed by atoms with Crippen LogP contribution in [0.25, 0.3) is 0 Å².